The third-order valence-corrected chi connectivity index (χ3v) is 3.49. The highest BCUT2D eigenvalue weighted by atomic mass is 16.5. The lowest BCUT2D eigenvalue weighted by Crippen LogP contribution is -2.45. The summed E-state index contributed by atoms with van der Waals surface area (Å²) in [6.07, 6.45) is 4.13. The number of unbranched alkanes of at least 4 members (excludes halogenated alkanes) is 4. The van der Waals surface area contributed by atoms with Crippen molar-refractivity contribution in [1.82, 2.24) is 0 Å². The van der Waals surface area contributed by atoms with Crippen molar-refractivity contribution in [1.29, 1.82) is 0 Å². The topological polar surface area (TPSA) is 86.7 Å². The molecule has 1 N–H and O–H groups in total. The Hall–Kier alpha value is -1.14. The number of aliphatic hydroxyl groups excluding tert-OH is 1. The number of hydrogen-bond donors (Lipinski definition) is 1. The predicted molar refractivity (Wildman–Crippen MR) is 86.4 cm³/mol. The average Bonchev–Trinajstić information content (AvgIpc) is 2.35. The van der Waals surface area contributed by atoms with Crippen LogP contribution >= 0.6 is 0 Å². The van der Waals surface area contributed by atoms with Gasteiger partial charge in [0.2, 0.25) is 0 Å². The maximum absolute atomic E-state index is 11.9. The minimum absolute atomic E-state index is 0.0888. The number of likely N-dealkylation sites (N-methyl/N-ethyl adjacent to an activating group) is 1. The van der Waals surface area contributed by atoms with Crippen LogP contribution in [0.5, 0.6) is 0 Å². The number of rotatable bonds is 13. The molecule has 0 aliphatic rings. The Bertz CT molecular complexity index is 351. The van der Waals surface area contributed by atoms with E-state index in [-0.39, 0.29) is 12.8 Å². The fourth-order valence-corrected chi connectivity index (χ4v) is 2.45. The first-order chi connectivity index (χ1) is 10.6. The highest BCUT2D eigenvalue weighted by Gasteiger charge is 2.23. The lowest BCUT2D eigenvalue weighted by atomic mass is 10.1. The van der Waals surface area contributed by atoms with E-state index in [4.69, 9.17) is 4.74 Å². The van der Waals surface area contributed by atoms with Gasteiger partial charge >= 0.3 is 5.97 Å². The van der Waals surface area contributed by atoms with Crippen LogP contribution in [-0.2, 0) is 14.3 Å². The Balaban J connectivity index is 4.16. The van der Waals surface area contributed by atoms with Crippen molar-refractivity contribution >= 4 is 11.9 Å². The van der Waals surface area contributed by atoms with Crippen LogP contribution in [0.3, 0.4) is 0 Å². The van der Waals surface area contributed by atoms with E-state index in [0.29, 0.717) is 17.4 Å². The Morgan fingerprint density at radius 3 is 2.22 bits per heavy atom. The first-order valence-electron chi connectivity index (χ1n) is 8.52. The summed E-state index contributed by atoms with van der Waals surface area (Å²) in [6, 6.07) is 0. The highest BCUT2D eigenvalue weighted by Crippen LogP contribution is 2.11. The van der Waals surface area contributed by atoms with Crippen molar-refractivity contribution in [3.8, 4) is 0 Å². The molecule has 0 heterocycles. The molecular weight excluding hydrogens is 298 g/mol. The second kappa shape index (κ2) is 11.4. The normalized spacial score (nSPS) is 14.3. The van der Waals surface area contributed by atoms with E-state index in [9.17, 15) is 19.8 Å². The zero-order valence-corrected chi connectivity index (χ0v) is 15.0. The summed E-state index contributed by atoms with van der Waals surface area (Å²) >= 11 is 0. The zero-order chi connectivity index (χ0) is 17.9. The van der Waals surface area contributed by atoms with Gasteiger partial charge in [0.25, 0.3) is 0 Å². The van der Waals surface area contributed by atoms with Gasteiger partial charge < -0.3 is 24.2 Å². The molecular formula is C17H33NO5. The molecule has 0 aromatic heterocycles. The second-order valence-corrected chi connectivity index (χ2v) is 7.22. The van der Waals surface area contributed by atoms with Crippen LogP contribution in [0.2, 0.25) is 0 Å². The number of aliphatic hydroxyl groups is 1. The fourth-order valence-electron chi connectivity index (χ4n) is 2.45. The zero-order valence-electron chi connectivity index (χ0n) is 15.0. The van der Waals surface area contributed by atoms with Gasteiger partial charge in [-0.3, -0.25) is 4.79 Å². The van der Waals surface area contributed by atoms with Crippen LogP contribution in [0.1, 0.15) is 58.3 Å². The molecule has 0 fully saturated rings. The minimum atomic E-state index is -1.24. The molecule has 0 aliphatic heterocycles. The van der Waals surface area contributed by atoms with Crippen molar-refractivity contribution in [3.05, 3.63) is 0 Å². The molecule has 0 aromatic carbocycles. The van der Waals surface area contributed by atoms with E-state index in [2.05, 4.69) is 6.92 Å². The quantitative estimate of drug-likeness (QED) is 0.307. The number of carbonyl (C=O) groups is 2. The molecule has 0 radical (unpaired) electrons. The molecule has 0 aliphatic carbocycles. The number of carboxylic acid groups (broad SMARTS) is 1. The molecule has 2 unspecified atom stereocenters. The maximum atomic E-state index is 11.9. The van der Waals surface area contributed by atoms with Gasteiger partial charge in [-0.1, -0.05) is 39.0 Å². The van der Waals surface area contributed by atoms with Gasteiger partial charge in [-0.2, -0.15) is 0 Å². The Kier molecular flexibility index (Phi) is 10.8. The van der Waals surface area contributed by atoms with E-state index >= 15 is 0 Å². The Morgan fingerprint density at radius 2 is 1.70 bits per heavy atom. The van der Waals surface area contributed by atoms with E-state index in [1.807, 2.05) is 21.1 Å². The van der Waals surface area contributed by atoms with Gasteiger partial charge in [0.05, 0.1) is 33.7 Å². The van der Waals surface area contributed by atoms with Crippen LogP contribution < -0.4 is 5.11 Å². The van der Waals surface area contributed by atoms with Gasteiger partial charge in [-0.05, 0) is 6.42 Å². The summed E-state index contributed by atoms with van der Waals surface area (Å²) < 4.78 is 5.69. The SMILES string of the molecule is CCCCCCCC(O)CC(=O)OC(CC(=O)[O-])C[N+](C)(C)C. The van der Waals surface area contributed by atoms with E-state index in [1.165, 1.54) is 12.8 Å². The number of aliphatic carboxylic acids is 1. The van der Waals surface area contributed by atoms with Crippen LogP contribution in [0, 0.1) is 0 Å². The number of hydrogen-bond acceptors (Lipinski definition) is 5. The van der Waals surface area contributed by atoms with E-state index < -0.39 is 24.1 Å². The summed E-state index contributed by atoms with van der Waals surface area (Å²) in [5.41, 5.74) is 0. The molecule has 0 rings (SSSR count). The van der Waals surface area contributed by atoms with Crippen molar-refractivity contribution in [3.63, 3.8) is 0 Å². The van der Waals surface area contributed by atoms with E-state index in [1.54, 1.807) is 0 Å². The van der Waals surface area contributed by atoms with Crippen molar-refractivity contribution in [2.75, 3.05) is 27.7 Å². The fraction of sp³-hybridized carbons (Fsp3) is 0.882. The molecule has 136 valence electrons. The van der Waals surface area contributed by atoms with Gasteiger partial charge in [0.1, 0.15) is 6.54 Å². The number of ether oxygens (including phenoxy) is 1. The molecule has 6 nitrogen and oxygen atoms in total. The lowest BCUT2D eigenvalue weighted by molar-refractivity contribution is -0.873. The van der Waals surface area contributed by atoms with Gasteiger partial charge in [0, 0.05) is 12.4 Å². The number of quaternary nitrogens is 1. The summed E-state index contributed by atoms with van der Waals surface area (Å²) in [5.74, 6) is -1.79. The van der Waals surface area contributed by atoms with Gasteiger partial charge in [-0.25, -0.2) is 0 Å². The van der Waals surface area contributed by atoms with Crippen molar-refractivity contribution in [2.24, 2.45) is 0 Å². The van der Waals surface area contributed by atoms with E-state index in [0.717, 1.165) is 19.3 Å². The van der Waals surface area contributed by atoms with Crippen LogP contribution in [-0.4, -0.2) is 61.4 Å². The molecule has 0 spiro atoms. The Labute approximate surface area is 140 Å². The molecule has 2 atom stereocenters. The third kappa shape index (κ3) is 14.2. The minimum Gasteiger partial charge on any atom is -0.550 e. The standard InChI is InChI=1S/C17H33NO5/c1-5-6-7-8-9-10-14(19)11-17(22)23-15(12-16(20)21)13-18(2,3)4/h14-15,19H,5-13H2,1-4H3. The molecule has 6 heteroatoms. The number of nitrogens with zero attached hydrogens (tertiary/aromatic N) is 1. The first-order valence-corrected chi connectivity index (χ1v) is 8.52. The monoisotopic (exact) mass is 331 g/mol. The number of esters is 1. The molecule has 0 amide bonds. The summed E-state index contributed by atoms with van der Waals surface area (Å²) in [4.78, 5) is 22.6. The van der Waals surface area contributed by atoms with Gasteiger partial charge in [0.15, 0.2) is 6.10 Å². The Morgan fingerprint density at radius 1 is 1.09 bits per heavy atom. The van der Waals surface area contributed by atoms with Crippen LogP contribution in [0.15, 0.2) is 0 Å². The largest absolute Gasteiger partial charge is 0.550 e. The molecule has 0 aromatic rings. The van der Waals surface area contributed by atoms with Crippen LogP contribution in [0.25, 0.3) is 0 Å². The molecule has 0 saturated heterocycles. The second-order valence-electron chi connectivity index (χ2n) is 7.22. The molecule has 23 heavy (non-hydrogen) atoms. The average molecular weight is 331 g/mol. The van der Waals surface area contributed by atoms with Gasteiger partial charge in [-0.15, -0.1) is 0 Å². The third-order valence-electron chi connectivity index (χ3n) is 3.49. The summed E-state index contributed by atoms with van der Waals surface area (Å²) in [6.45, 7) is 2.52. The molecule has 0 bridgehead atoms. The highest BCUT2D eigenvalue weighted by molar-refractivity contribution is 5.71. The van der Waals surface area contributed by atoms with Crippen LogP contribution in [0.4, 0.5) is 0 Å². The number of carboxylic acids is 1. The van der Waals surface area contributed by atoms with Crippen molar-refractivity contribution < 1.29 is 29.0 Å². The summed E-state index contributed by atoms with van der Waals surface area (Å²) in [7, 11) is 5.67. The smallest absolute Gasteiger partial charge is 0.308 e. The lowest BCUT2D eigenvalue weighted by Gasteiger charge is -2.29. The predicted octanol–water partition coefficient (Wildman–Crippen LogP) is 0.856. The number of carbonyl (C=O) groups excluding carboxylic acids is 2. The first kappa shape index (κ1) is 21.9. The summed E-state index contributed by atoms with van der Waals surface area (Å²) in [5, 5.41) is 20.6. The van der Waals surface area contributed by atoms with Crippen molar-refractivity contribution in [2.45, 2.75) is 70.5 Å². The molecule has 0 saturated carbocycles. The maximum Gasteiger partial charge on any atom is 0.308 e.